The van der Waals surface area contributed by atoms with Crippen LogP contribution in [0.15, 0.2) is 65.6 Å². The lowest BCUT2D eigenvalue weighted by molar-refractivity contribution is 0.571. The van der Waals surface area contributed by atoms with Gasteiger partial charge in [-0.1, -0.05) is 36.4 Å². The van der Waals surface area contributed by atoms with Crippen LogP contribution in [0.25, 0.3) is 5.57 Å². The van der Waals surface area contributed by atoms with E-state index in [2.05, 4.69) is 0 Å². The number of hydrogen-bond acceptors (Lipinski definition) is 4. The normalized spacial score (nSPS) is 18.8. The van der Waals surface area contributed by atoms with Crippen molar-refractivity contribution in [1.82, 2.24) is 0 Å². The zero-order chi connectivity index (χ0) is 18.1. The maximum atomic E-state index is 13.6. The van der Waals surface area contributed by atoms with E-state index in [1.54, 1.807) is 24.3 Å². The Kier molecular flexibility index (Phi) is 4.16. The number of allylic oxidation sites excluding steroid dienone is 1. The van der Waals surface area contributed by atoms with Crippen molar-refractivity contribution in [2.75, 3.05) is 0 Å². The second-order valence-electron chi connectivity index (χ2n) is 5.82. The fourth-order valence-electron chi connectivity index (χ4n) is 3.02. The maximum Gasteiger partial charge on any atom is 0.184 e. The Hall–Kier alpha value is -2.96. The van der Waals surface area contributed by atoms with E-state index in [1.807, 2.05) is 12.1 Å². The van der Waals surface area contributed by atoms with Gasteiger partial charge in [-0.2, -0.15) is 10.5 Å². The Balaban J connectivity index is 2.14. The van der Waals surface area contributed by atoms with E-state index in [4.69, 9.17) is 0 Å². The molecule has 0 amide bonds. The van der Waals surface area contributed by atoms with Crippen molar-refractivity contribution in [1.29, 1.82) is 10.5 Å². The predicted octanol–water partition coefficient (Wildman–Crippen LogP) is 3.49. The summed E-state index contributed by atoms with van der Waals surface area (Å²) in [6.45, 7) is 0. The first-order chi connectivity index (χ1) is 11.9. The summed E-state index contributed by atoms with van der Waals surface area (Å²) in [6.07, 6.45) is 1.23. The van der Waals surface area contributed by atoms with Crippen molar-refractivity contribution in [3.05, 3.63) is 72.1 Å². The highest BCUT2D eigenvalue weighted by Gasteiger charge is 2.47. The molecular weight excluding hydrogens is 339 g/mol. The van der Waals surface area contributed by atoms with Gasteiger partial charge in [0, 0.05) is 6.42 Å². The Labute approximate surface area is 145 Å². The second-order valence-corrected chi connectivity index (χ2v) is 7.99. The molecule has 6 heteroatoms. The molecule has 0 spiro atoms. The van der Waals surface area contributed by atoms with Crippen LogP contribution in [0.4, 0.5) is 4.39 Å². The Morgan fingerprint density at radius 1 is 1.04 bits per heavy atom. The van der Waals surface area contributed by atoms with Gasteiger partial charge in [0.05, 0.1) is 22.3 Å². The van der Waals surface area contributed by atoms with Crippen molar-refractivity contribution in [2.45, 2.75) is 16.6 Å². The molecule has 0 radical (unpaired) electrons. The summed E-state index contributed by atoms with van der Waals surface area (Å²) in [7, 11) is -3.75. The van der Waals surface area contributed by atoms with Gasteiger partial charge >= 0.3 is 0 Å². The molecule has 3 rings (SSSR count). The summed E-state index contributed by atoms with van der Waals surface area (Å²) < 4.78 is 39.3. The van der Waals surface area contributed by atoms with Crippen LogP contribution in [-0.4, -0.2) is 13.7 Å². The van der Waals surface area contributed by atoms with E-state index >= 15 is 0 Å². The first kappa shape index (κ1) is 16.9. The molecule has 124 valence electrons. The van der Waals surface area contributed by atoms with Gasteiger partial charge in [0.15, 0.2) is 15.3 Å². The van der Waals surface area contributed by atoms with Gasteiger partial charge in [0.1, 0.15) is 5.82 Å². The van der Waals surface area contributed by atoms with Crippen LogP contribution >= 0.6 is 0 Å². The fraction of sp³-hybridized carbons (Fsp3) is 0.158. The number of hydrogen-bond donors (Lipinski definition) is 0. The van der Waals surface area contributed by atoms with Crippen LogP contribution < -0.4 is 0 Å². The van der Waals surface area contributed by atoms with Gasteiger partial charge < -0.3 is 0 Å². The lowest BCUT2D eigenvalue weighted by Gasteiger charge is -2.17. The van der Waals surface area contributed by atoms with Crippen LogP contribution in [0.1, 0.15) is 12.0 Å². The number of rotatable bonds is 3. The molecular formula is C19H13FN2O2S. The predicted molar refractivity (Wildman–Crippen MR) is 90.1 cm³/mol. The molecule has 4 nitrogen and oxygen atoms in total. The molecule has 0 bridgehead atoms. The quantitative estimate of drug-likeness (QED) is 0.847. The van der Waals surface area contributed by atoms with Crippen molar-refractivity contribution in [3.8, 4) is 12.1 Å². The minimum Gasteiger partial charge on any atom is -0.223 e. The third kappa shape index (κ3) is 2.82. The second kappa shape index (κ2) is 6.16. The maximum absolute atomic E-state index is 13.6. The van der Waals surface area contributed by atoms with E-state index in [9.17, 15) is 23.3 Å². The average molecular weight is 352 g/mol. The van der Waals surface area contributed by atoms with Crippen molar-refractivity contribution in [3.63, 3.8) is 0 Å². The van der Waals surface area contributed by atoms with Crippen LogP contribution in [0.3, 0.4) is 0 Å². The van der Waals surface area contributed by atoms with Gasteiger partial charge in [-0.3, -0.25) is 0 Å². The Morgan fingerprint density at radius 3 is 2.32 bits per heavy atom. The van der Waals surface area contributed by atoms with E-state index < -0.39 is 26.3 Å². The third-order valence-electron chi connectivity index (χ3n) is 4.31. The van der Waals surface area contributed by atoms with E-state index in [0.717, 1.165) is 0 Å². The smallest absolute Gasteiger partial charge is 0.184 e. The zero-order valence-electron chi connectivity index (χ0n) is 13.1. The summed E-state index contributed by atoms with van der Waals surface area (Å²) in [5.74, 6) is -0.516. The summed E-state index contributed by atoms with van der Waals surface area (Å²) in [5, 5.41) is 18.1. The molecule has 0 N–H and O–H groups in total. The Bertz CT molecular complexity index is 1020. The summed E-state index contributed by atoms with van der Waals surface area (Å²) >= 11 is 0. The highest BCUT2D eigenvalue weighted by Crippen LogP contribution is 2.47. The molecule has 1 aliphatic carbocycles. The topological polar surface area (TPSA) is 81.7 Å². The van der Waals surface area contributed by atoms with Crippen LogP contribution in [0, 0.1) is 33.9 Å². The largest absolute Gasteiger partial charge is 0.223 e. The summed E-state index contributed by atoms with van der Waals surface area (Å²) in [6, 6.07) is 17.2. The average Bonchev–Trinajstić information content (AvgIpc) is 3.04. The molecule has 2 aromatic rings. The highest BCUT2D eigenvalue weighted by atomic mass is 32.2. The molecule has 0 aliphatic heterocycles. The molecule has 0 aromatic heterocycles. The van der Waals surface area contributed by atoms with Gasteiger partial charge in [-0.15, -0.1) is 0 Å². The molecule has 0 saturated heterocycles. The minimum atomic E-state index is -3.75. The van der Waals surface area contributed by atoms with Crippen molar-refractivity contribution in [2.24, 2.45) is 5.41 Å². The minimum absolute atomic E-state index is 0.126. The molecule has 1 aliphatic rings. The van der Waals surface area contributed by atoms with Gasteiger partial charge in [0.25, 0.3) is 0 Å². The zero-order valence-corrected chi connectivity index (χ0v) is 13.9. The first-order valence-electron chi connectivity index (χ1n) is 7.53. The molecule has 0 heterocycles. The number of sulfone groups is 1. The number of nitrogens with zero attached hydrogens (tertiary/aromatic N) is 2. The number of benzene rings is 2. The lowest BCUT2D eigenvalue weighted by Crippen LogP contribution is -2.23. The lowest BCUT2D eigenvalue weighted by atomic mass is 9.81. The van der Waals surface area contributed by atoms with Gasteiger partial charge in [-0.25, -0.2) is 12.8 Å². The van der Waals surface area contributed by atoms with E-state index in [0.29, 0.717) is 5.56 Å². The summed E-state index contributed by atoms with van der Waals surface area (Å²) in [4.78, 5) is 0.126. The van der Waals surface area contributed by atoms with Crippen LogP contribution in [-0.2, 0) is 9.84 Å². The van der Waals surface area contributed by atoms with Gasteiger partial charge in [-0.05, 0) is 35.4 Å². The van der Waals surface area contributed by atoms with E-state index in [1.165, 1.54) is 36.4 Å². The summed E-state index contributed by atoms with van der Waals surface area (Å²) in [5.41, 5.74) is -1.05. The van der Waals surface area contributed by atoms with E-state index in [-0.39, 0.29) is 16.9 Å². The molecule has 25 heavy (non-hydrogen) atoms. The molecule has 2 aromatic carbocycles. The van der Waals surface area contributed by atoms with Crippen LogP contribution in [0.5, 0.6) is 0 Å². The van der Waals surface area contributed by atoms with Gasteiger partial charge in [0.2, 0.25) is 0 Å². The molecule has 0 saturated carbocycles. The number of halogens is 1. The van der Waals surface area contributed by atoms with Crippen molar-refractivity contribution < 1.29 is 12.8 Å². The number of nitriles is 2. The monoisotopic (exact) mass is 352 g/mol. The first-order valence-corrected chi connectivity index (χ1v) is 9.07. The SMILES string of the molecule is N#CC1(C#N)CC(S(=O)(=O)c2ccccc2)C=C1c1cccc(F)c1. The van der Waals surface area contributed by atoms with Crippen LogP contribution in [0.2, 0.25) is 0 Å². The fourth-order valence-corrected chi connectivity index (χ4v) is 4.69. The molecule has 0 fully saturated rings. The Morgan fingerprint density at radius 2 is 1.72 bits per heavy atom. The highest BCUT2D eigenvalue weighted by molar-refractivity contribution is 7.92. The van der Waals surface area contributed by atoms with Crippen molar-refractivity contribution >= 4 is 15.4 Å². The molecule has 1 unspecified atom stereocenters. The molecule has 1 atom stereocenters. The third-order valence-corrected chi connectivity index (χ3v) is 6.34. The standard InChI is InChI=1S/C19H13FN2O2S/c20-15-6-4-5-14(9-15)18-10-17(11-19(18,12-21)13-22)25(23,24)16-7-2-1-3-8-16/h1-10,17H,11H2.